The lowest BCUT2D eigenvalue weighted by atomic mass is 10.1. The maximum Gasteiger partial charge on any atom is 0.0635 e. The Balaban J connectivity index is 2.11. The number of hydrogen-bond donors (Lipinski definition) is 2. The molecule has 2 N–H and O–H groups in total. The first-order valence-electron chi connectivity index (χ1n) is 7.97. The van der Waals surface area contributed by atoms with Crippen LogP contribution in [0.4, 0.5) is 5.69 Å². The Hall–Kier alpha value is -1.06. The van der Waals surface area contributed by atoms with Gasteiger partial charge in [0.25, 0.3) is 0 Å². The van der Waals surface area contributed by atoms with E-state index in [1.807, 2.05) is 0 Å². The molecule has 2 atom stereocenters. The van der Waals surface area contributed by atoms with Gasteiger partial charge in [-0.15, -0.1) is 0 Å². The molecule has 1 saturated heterocycles. The Morgan fingerprint density at radius 2 is 2.00 bits per heavy atom. The van der Waals surface area contributed by atoms with Gasteiger partial charge in [-0.1, -0.05) is 31.9 Å². The molecule has 0 spiro atoms. The van der Waals surface area contributed by atoms with Crippen molar-refractivity contribution >= 4 is 5.69 Å². The predicted molar refractivity (Wildman–Crippen MR) is 85.2 cm³/mol. The summed E-state index contributed by atoms with van der Waals surface area (Å²) in [5.41, 5.74) is 2.57. The summed E-state index contributed by atoms with van der Waals surface area (Å²) < 4.78 is 0. The summed E-state index contributed by atoms with van der Waals surface area (Å²) in [6.07, 6.45) is 4.85. The first-order chi connectivity index (χ1) is 9.76. The van der Waals surface area contributed by atoms with Gasteiger partial charge in [-0.2, -0.15) is 0 Å². The van der Waals surface area contributed by atoms with Crippen molar-refractivity contribution in [3.05, 3.63) is 29.8 Å². The van der Waals surface area contributed by atoms with E-state index >= 15 is 0 Å². The SMILES string of the molecule is CCNC(C)c1ccc(N2CCCCCC2CO)cc1. The number of hydrogen-bond acceptors (Lipinski definition) is 3. The van der Waals surface area contributed by atoms with E-state index < -0.39 is 0 Å². The van der Waals surface area contributed by atoms with Crippen molar-refractivity contribution in [2.45, 2.75) is 51.6 Å². The fraction of sp³-hybridized carbons (Fsp3) is 0.647. The van der Waals surface area contributed by atoms with Gasteiger partial charge in [0.05, 0.1) is 12.6 Å². The molecule has 2 rings (SSSR count). The van der Waals surface area contributed by atoms with Crippen LogP contribution in [0.25, 0.3) is 0 Å². The van der Waals surface area contributed by atoms with Crippen LogP contribution in [-0.2, 0) is 0 Å². The third kappa shape index (κ3) is 3.74. The molecule has 1 aromatic carbocycles. The number of rotatable bonds is 5. The summed E-state index contributed by atoms with van der Waals surface area (Å²) in [6.45, 7) is 6.64. The monoisotopic (exact) mass is 276 g/mol. The molecule has 0 saturated carbocycles. The summed E-state index contributed by atoms with van der Waals surface area (Å²) in [5.74, 6) is 0. The van der Waals surface area contributed by atoms with Gasteiger partial charge >= 0.3 is 0 Å². The molecule has 1 fully saturated rings. The molecule has 0 aromatic heterocycles. The van der Waals surface area contributed by atoms with Crippen molar-refractivity contribution in [3.63, 3.8) is 0 Å². The second-order valence-corrected chi connectivity index (χ2v) is 5.75. The van der Waals surface area contributed by atoms with Gasteiger partial charge in [0, 0.05) is 18.3 Å². The number of benzene rings is 1. The predicted octanol–water partition coefficient (Wildman–Crippen LogP) is 3.10. The molecule has 1 aliphatic heterocycles. The standard InChI is InChI=1S/C17H28N2O/c1-3-18-14(2)15-8-10-16(11-9-15)19-12-6-4-5-7-17(19)13-20/h8-11,14,17-18,20H,3-7,12-13H2,1-2H3. The lowest BCUT2D eigenvalue weighted by Crippen LogP contribution is -2.37. The van der Waals surface area contributed by atoms with Crippen LogP contribution in [-0.4, -0.2) is 30.8 Å². The Kier molecular flexibility index (Phi) is 5.86. The third-order valence-electron chi connectivity index (χ3n) is 4.32. The third-order valence-corrected chi connectivity index (χ3v) is 4.32. The Morgan fingerprint density at radius 1 is 1.25 bits per heavy atom. The first-order valence-corrected chi connectivity index (χ1v) is 7.97. The van der Waals surface area contributed by atoms with Gasteiger partial charge < -0.3 is 15.3 Å². The summed E-state index contributed by atoms with van der Waals surface area (Å²) in [5, 5.41) is 13.0. The van der Waals surface area contributed by atoms with Crippen molar-refractivity contribution in [2.24, 2.45) is 0 Å². The Morgan fingerprint density at radius 3 is 2.65 bits per heavy atom. The van der Waals surface area contributed by atoms with Crippen molar-refractivity contribution in [3.8, 4) is 0 Å². The van der Waals surface area contributed by atoms with Gasteiger partial charge in [0.1, 0.15) is 0 Å². The molecule has 20 heavy (non-hydrogen) atoms. The van der Waals surface area contributed by atoms with Crippen LogP contribution < -0.4 is 10.2 Å². The molecule has 0 aliphatic carbocycles. The molecule has 112 valence electrons. The van der Waals surface area contributed by atoms with Crippen molar-refractivity contribution in [1.29, 1.82) is 0 Å². The molecule has 3 heteroatoms. The zero-order valence-corrected chi connectivity index (χ0v) is 12.8. The normalized spacial score (nSPS) is 21.6. The lowest BCUT2D eigenvalue weighted by Gasteiger charge is -2.31. The van der Waals surface area contributed by atoms with E-state index in [1.165, 1.54) is 30.5 Å². The minimum Gasteiger partial charge on any atom is -0.394 e. The highest BCUT2D eigenvalue weighted by molar-refractivity contribution is 5.49. The van der Waals surface area contributed by atoms with Crippen LogP contribution in [0.2, 0.25) is 0 Å². The molecule has 1 aromatic rings. The molecule has 3 nitrogen and oxygen atoms in total. The van der Waals surface area contributed by atoms with Crippen LogP contribution in [0.15, 0.2) is 24.3 Å². The molecule has 1 aliphatic rings. The molecule has 2 unspecified atom stereocenters. The van der Waals surface area contributed by atoms with E-state index in [0.29, 0.717) is 6.04 Å². The van der Waals surface area contributed by atoms with Crippen LogP contribution >= 0.6 is 0 Å². The molecular weight excluding hydrogens is 248 g/mol. The highest BCUT2D eigenvalue weighted by atomic mass is 16.3. The Bertz CT molecular complexity index is 390. The van der Waals surface area contributed by atoms with E-state index in [0.717, 1.165) is 19.5 Å². The fourth-order valence-electron chi connectivity index (χ4n) is 3.09. The minimum atomic E-state index is 0.259. The smallest absolute Gasteiger partial charge is 0.0635 e. The molecule has 0 amide bonds. The van der Waals surface area contributed by atoms with Crippen molar-refractivity contribution < 1.29 is 5.11 Å². The largest absolute Gasteiger partial charge is 0.394 e. The van der Waals surface area contributed by atoms with E-state index in [2.05, 4.69) is 48.3 Å². The van der Waals surface area contributed by atoms with Gasteiger partial charge in [-0.05, 0) is 44.0 Å². The average molecular weight is 276 g/mol. The summed E-state index contributed by atoms with van der Waals surface area (Å²) >= 11 is 0. The zero-order chi connectivity index (χ0) is 14.4. The van der Waals surface area contributed by atoms with E-state index in [-0.39, 0.29) is 12.6 Å². The summed E-state index contributed by atoms with van der Waals surface area (Å²) in [4.78, 5) is 2.38. The first kappa shape index (κ1) is 15.3. The van der Waals surface area contributed by atoms with Crippen LogP contribution in [0, 0.1) is 0 Å². The maximum atomic E-state index is 9.61. The van der Waals surface area contributed by atoms with E-state index in [4.69, 9.17) is 0 Å². The van der Waals surface area contributed by atoms with Gasteiger partial charge in [0.15, 0.2) is 0 Å². The van der Waals surface area contributed by atoms with E-state index in [1.54, 1.807) is 0 Å². The van der Waals surface area contributed by atoms with Crippen LogP contribution in [0.5, 0.6) is 0 Å². The second kappa shape index (κ2) is 7.65. The molecule has 0 radical (unpaired) electrons. The van der Waals surface area contributed by atoms with Crippen molar-refractivity contribution in [2.75, 3.05) is 24.6 Å². The highest BCUT2D eigenvalue weighted by Crippen LogP contribution is 2.25. The van der Waals surface area contributed by atoms with Crippen molar-refractivity contribution in [1.82, 2.24) is 5.32 Å². The zero-order valence-electron chi connectivity index (χ0n) is 12.8. The number of aliphatic hydroxyl groups is 1. The minimum absolute atomic E-state index is 0.259. The lowest BCUT2D eigenvalue weighted by molar-refractivity contribution is 0.255. The summed E-state index contributed by atoms with van der Waals surface area (Å²) in [7, 11) is 0. The van der Waals surface area contributed by atoms with Crippen LogP contribution in [0.1, 0.15) is 51.1 Å². The average Bonchev–Trinajstić information content (AvgIpc) is 2.72. The molecule has 0 bridgehead atoms. The van der Waals surface area contributed by atoms with Gasteiger partial charge in [-0.25, -0.2) is 0 Å². The number of aliphatic hydroxyl groups excluding tert-OH is 1. The summed E-state index contributed by atoms with van der Waals surface area (Å²) in [6, 6.07) is 9.51. The van der Waals surface area contributed by atoms with E-state index in [9.17, 15) is 5.11 Å². The van der Waals surface area contributed by atoms with Gasteiger partial charge in [0.2, 0.25) is 0 Å². The Labute approximate surface area is 123 Å². The second-order valence-electron chi connectivity index (χ2n) is 5.75. The number of anilines is 1. The highest BCUT2D eigenvalue weighted by Gasteiger charge is 2.20. The number of nitrogens with zero attached hydrogens (tertiary/aromatic N) is 1. The number of nitrogens with one attached hydrogen (secondary N) is 1. The van der Waals surface area contributed by atoms with Crippen LogP contribution in [0.3, 0.4) is 0 Å². The topological polar surface area (TPSA) is 35.5 Å². The molecule has 1 heterocycles. The quantitative estimate of drug-likeness (QED) is 0.867. The van der Waals surface area contributed by atoms with Gasteiger partial charge in [-0.3, -0.25) is 0 Å². The fourth-order valence-corrected chi connectivity index (χ4v) is 3.09. The molecular formula is C17H28N2O. The maximum absolute atomic E-state index is 9.61.